The number of nitrogens with one attached hydrogen (secondary N) is 2. The van der Waals surface area contributed by atoms with Crippen LogP contribution in [0.4, 0.5) is 26.1 Å². The quantitative estimate of drug-likeness (QED) is 0.0186. The van der Waals surface area contributed by atoms with Gasteiger partial charge >= 0.3 is 27.4 Å². The first kappa shape index (κ1) is 71.8. The van der Waals surface area contributed by atoms with E-state index in [0.717, 1.165) is 19.5 Å². The molecule has 12 rings (SSSR count). The van der Waals surface area contributed by atoms with Crippen LogP contribution in [0.2, 0.25) is 0 Å². The summed E-state index contributed by atoms with van der Waals surface area (Å²) in [5.74, 6) is -1.17. The second kappa shape index (κ2) is 30.1. The number of likely N-dealkylation sites (tertiary alicyclic amines) is 2. The molecule has 7 aromatic rings. The van der Waals surface area contributed by atoms with Crippen LogP contribution < -0.4 is 35.2 Å². The summed E-state index contributed by atoms with van der Waals surface area (Å²) < 4.78 is 116. The number of esters is 2. The summed E-state index contributed by atoms with van der Waals surface area (Å²) in [5, 5.41) is 55.9. The third-order valence-electron chi connectivity index (χ3n) is 16.5. The monoisotopic (exact) mass is 1400 g/mol. The van der Waals surface area contributed by atoms with Crippen LogP contribution >= 0.6 is 15.5 Å². The lowest BCUT2D eigenvalue weighted by Crippen LogP contribution is -2.49. The van der Waals surface area contributed by atoms with Gasteiger partial charge in [0.25, 0.3) is 5.69 Å². The number of aliphatic hydroxyl groups is 3. The van der Waals surface area contributed by atoms with Crippen molar-refractivity contribution in [2.75, 3.05) is 78.3 Å². The van der Waals surface area contributed by atoms with E-state index < -0.39 is 125 Å². The second-order valence-corrected chi connectivity index (χ2v) is 27.6. The number of aliphatic hydroxyl groups excluding tert-OH is 3. The lowest BCUT2D eigenvalue weighted by atomic mass is 9.96. The van der Waals surface area contributed by atoms with E-state index in [1.54, 1.807) is 91.2 Å². The van der Waals surface area contributed by atoms with Gasteiger partial charge in [0, 0.05) is 38.3 Å². The molecule has 5 fully saturated rings. The number of likely N-dealkylation sites (N-methyl/N-ethyl adjacent to an activating group) is 2. The van der Waals surface area contributed by atoms with Crippen LogP contribution in [0.25, 0.3) is 11.0 Å². The van der Waals surface area contributed by atoms with E-state index in [1.807, 2.05) is 19.0 Å². The molecule has 3 aromatic carbocycles. The molecule has 5 saturated heterocycles. The van der Waals surface area contributed by atoms with E-state index in [2.05, 4.69) is 35.2 Å². The van der Waals surface area contributed by atoms with Crippen LogP contribution in [0, 0.1) is 10.1 Å². The van der Waals surface area contributed by atoms with Gasteiger partial charge in [-0.2, -0.15) is 20.4 Å². The number of non-ortho nitro benzene ring substituents is 1. The molecule has 36 heteroatoms. The number of hydrogen-bond donors (Lipinski definition) is 7. The van der Waals surface area contributed by atoms with Crippen molar-refractivity contribution in [3.05, 3.63) is 143 Å². The lowest BCUT2D eigenvalue weighted by molar-refractivity contribution is -0.384. The molecular weight excluding hydrogens is 1320 g/mol. The van der Waals surface area contributed by atoms with E-state index in [-0.39, 0.29) is 46.7 Å². The number of nitrogens with two attached hydrogens (primary N) is 2. The van der Waals surface area contributed by atoms with Gasteiger partial charge in [-0.05, 0) is 115 Å². The van der Waals surface area contributed by atoms with Gasteiger partial charge in [-0.3, -0.25) is 24.2 Å². The van der Waals surface area contributed by atoms with Crippen molar-refractivity contribution in [3.8, 4) is 17.2 Å². The van der Waals surface area contributed by atoms with Crippen molar-refractivity contribution >= 4 is 55.8 Å². The Morgan fingerprint density at radius 1 is 0.691 bits per heavy atom. The molecule has 97 heavy (non-hydrogen) atoms. The number of benzene rings is 3. The van der Waals surface area contributed by atoms with Gasteiger partial charge in [0.15, 0.2) is 17.4 Å². The number of aromatic nitrogens is 6. The average molecular weight is 1400 g/mol. The maximum Gasteiger partial charge on any atom is 0.513 e. The zero-order valence-corrected chi connectivity index (χ0v) is 55.4. The van der Waals surface area contributed by atoms with Crippen LogP contribution in [0.15, 0.2) is 122 Å². The van der Waals surface area contributed by atoms with Crippen LogP contribution in [-0.4, -0.2) is 204 Å². The van der Waals surface area contributed by atoms with E-state index in [9.17, 15) is 52.9 Å². The minimum Gasteiger partial charge on any atom is -0.460 e. The van der Waals surface area contributed by atoms with E-state index in [4.69, 9.17) is 58.0 Å². The van der Waals surface area contributed by atoms with Crippen molar-refractivity contribution < 1.29 is 94.3 Å². The van der Waals surface area contributed by atoms with Crippen LogP contribution in [0.1, 0.15) is 64.1 Å². The predicted molar refractivity (Wildman–Crippen MR) is 341 cm³/mol. The molecule has 0 amide bonds. The molecule has 5 aliphatic heterocycles. The first-order chi connectivity index (χ1) is 46.2. The highest BCUT2D eigenvalue weighted by Gasteiger charge is 2.64. The maximum absolute atomic E-state index is 14.7. The maximum atomic E-state index is 14.7. The summed E-state index contributed by atoms with van der Waals surface area (Å²) >= 11 is 0. The number of fused-ring (bicyclic) bond motifs is 3. The number of nitro groups is 1. The van der Waals surface area contributed by atoms with Crippen molar-refractivity contribution in [2.45, 2.75) is 118 Å². The fourth-order valence-electron chi connectivity index (χ4n) is 11.5. The van der Waals surface area contributed by atoms with Gasteiger partial charge in [0.05, 0.1) is 29.5 Å². The number of ether oxygens (including phenoxy) is 6. The summed E-state index contributed by atoms with van der Waals surface area (Å²) in [6.45, 7) is 5.71. The molecule has 0 bridgehead atoms. The van der Waals surface area contributed by atoms with Crippen molar-refractivity contribution in [1.29, 1.82) is 0 Å². The number of nitro benzene ring substituents is 1. The smallest absolute Gasteiger partial charge is 0.460 e. The van der Waals surface area contributed by atoms with Gasteiger partial charge in [0.2, 0.25) is 0 Å². The largest absolute Gasteiger partial charge is 0.513 e. The Hall–Kier alpha value is -7.92. The predicted octanol–water partition coefficient (Wildman–Crippen LogP) is 5.23. The number of para-hydroxylation sites is 2. The number of carbonyl (C=O) groups is 2. The van der Waals surface area contributed by atoms with Crippen LogP contribution in [0.3, 0.4) is 0 Å². The zero-order valence-electron chi connectivity index (χ0n) is 53.6. The molecule has 0 aliphatic carbocycles. The summed E-state index contributed by atoms with van der Waals surface area (Å²) in [6, 6.07) is 26.0. The molecular formula is C61H77F2N13O19P2. The van der Waals surface area contributed by atoms with Gasteiger partial charge in [-0.1, -0.05) is 36.4 Å². The third kappa shape index (κ3) is 16.5. The normalized spacial score (nSPS) is 27.1. The summed E-state index contributed by atoms with van der Waals surface area (Å²) in [7, 11) is -4.68. The van der Waals surface area contributed by atoms with Gasteiger partial charge in [0.1, 0.15) is 126 Å². The average Bonchev–Trinajstić information content (AvgIpc) is 1.57. The highest BCUT2D eigenvalue weighted by molar-refractivity contribution is 7.52. The molecule has 5 aliphatic rings. The molecule has 32 nitrogen and oxygen atoms in total. The Kier molecular flexibility index (Phi) is 22.3. The Bertz CT molecular complexity index is 3960. The highest BCUT2D eigenvalue weighted by Crippen LogP contribution is 2.52. The Balaban J connectivity index is 0.000000164. The molecule has 2 unspecified atom stereocenters. The van der Waals surface area contributed by atoms with Crippen LogP contribution in [-0.2, 0) is 51.7 Å². The summed E-state index contributed by atoms with van der Waals surface area (Å²) in [4.78, 5) is 47.5. The number of hydrogen-bond acceptors (Lipinski definition) is 27. The number of nitrogens with zero attached hydrogens (tertiary/aromatic N) is 9. The summed E-state index contributed by atoms with van der Waals surface area (Å²) in [5.41, 5.74) is 9.94. The Morgan fingerprint density at radius 3 is 1.62 bits per heavy atom. The second-order valence-electron chi connectivity index (χ2n) is 24.3. The number of anilines is 2. The molecule has 14 atom stereocenters. The van der Waals surface area contributed by atoms with Crippen LogP contribution in [0.5, 0.6) is 17.2 Å². The van der Waals surface area contributed by atoms with E-state index >= 15 is 0 Å². The molecule has 4 aromatic heterocycles. The number of carbonyl (C=O) groups excluding carboxylic acids is 2. The van der Waals surface area contributed by atoms with E-state index in [1.165, 1.54) is 67.4 Å². The molecule has 0 saturated carbocycles. The first-order valence-corrected chi connectivity index (χ1v) is 33.9. The Morgan fingerprint density at radius 2 is 1.15 bits per heavy atom. The van der Waals surface area contributed by atoms with Crippen molar-refractivity contribution in [1.82, 2.24) is 49.2 Å². The van der Waals surface area contributed by atoms with Gasteiger partial charge in [-0.15, -0.1) is 0 Å². The third-order valence-corrected chi connectivity index (χ3v) is 19.8. The molecule has 524 valence electrons. The zero-order chi connectivity index (χ0) is 69.6. The summed E-state index contributed by atoms with van der Waals surface area (Å²) in [6.07, 6.45) is -3.23. The van der Waals surface area contributed by atoms with E-state index in [0.29, 0.717) is 42.1 Å². The fourth-order valence-corrected chi connectivity index (χ4v) is 14.6. The minimum absolute atomic E-state index is 0.0790. The highest BCUT2D eigenvalue weighted by atomic mass is 31.2. The molecule has 0 spiro atoms. The number of rotatable bonds is 23. The van der Waals surface area contributed by atoms with Gasteiger partial charge < -0.3 is 78.6 Å². The van der Waals surface area contributed by atoms with Crippen molar-refractivity contribution in [3.63, 3.8) is 0 Å². The van der Waals surface area contributed by atoms with Crippen molar-refractivity contribution in [2.24, 2.45) is 0 Å². The molecule has 9 N–H and O–H groups in total. The lowest BCUT2D eigenvalue weighted by Gasteiger charge is -2.31. The number of alkyl halides is 2. The number of halogens is 2. The molecule has 9 heterocycles. The molecule has 0 radical (unpaired) electrons. The van der Waals surface area contributed by atoms with Gasteiger partial charge in [-0.25, -0.2) is 36.9 Å². The standard InChI is InChI=1S/C26H34FN6O8P.C20H24N3O7P.C15H19FN4O4/c1-16(25(36)39-18-10-11-32(2)12-18)31-42(37,41-17-6-4-3-5-7-17)38-14-26(13-27)23(35)21(34)22(40-26)19-8-9-20-24(28)29-15-30-33(19)20;1-15(20(24)28-19-12-13-22(2)14-19)21-31(27,29-17-6-4-3-5-7-17)30-18-10-8-16(9-11-18)23(25)26;1-14(2)22-11-10(23-15(5-16,6-21)12(11)24-14)8-3-4-9-13(17)18-7-19-20(8)9/h3-9,15-16,18,21-23,34-35H,10-14H2,1-2H3,(H,31,37)(H2,28,29,30);3-11,15,19H,12-14H2,1-2H3,(H,21,27);3-4,7,10-12,21H,5-6H2,1-2H3,(H2,17,18,19)/t16-,18+,21-,22-,23-,26+,42?;15-,19+,31?;10-,11-,12-,15+/m000/s1. The minimum atomic E-state index is -4.43. The Labute approximate surface area is 554 Å². The fraction of sp³-hybridized carbons (Fsp3) is 0.475. The number of nitrogen functional groups attached to an aromatic ring is 2. The SMILES string of the molecule is CC1(C)O[C@H]2[C@H](c3ccc4c(N)ncnn34)O[C@@](CO)(CF)[C@H]2O1.C[C@H](NP(=O)(OC[C@@]1(CF)O[C@@H](c2ccc3c(N)ncnn23)[C@H](O)[C@@H]1O)Oc1ccccc1)C(=O)O[C@@H]1CCN(C)C1.C[C@H](NP(=O)(Oc1ccccc1)Oc1ccc([N+](=O)[O-])cc1)C(=O)O[C@@H]1CCN(C)C1. The first-order valence-electron chi connectivity index (χ1n) is 30.8. The topological polar surface area (TPSA) is 407 Å².